The quantitative estimate of drug-likeness (QED) is 0.473. The summed E-state index contributed by atoms with van der Waals surface area (Å²) in [4.78, 5) is 17.3. The summed E-state index contributed by atoms with van der Waals surface area (Å²) < 4.78 is 75.7. The van der Waals surface area contributed by atoms with Crippen LogP contribution in [0, 0.1) is 17.6 Å². The van der Waals surface area contributed by atoms with Crippen molar-refractivity contribution >= 4 is 17.3 Å². The van der Waals surface area contributed by atoms with Gasteiger partial charge in [-0.2, -0.15) is 13.2 Å². The fraction of sp³-hybridized carbons (Fsp3) is 0.393. The molecule has 2 aromatic rings. The SMILES string of the molecule is CN1CCN(c2ccc(-c3cc(OCC4CC4)c(F)cc3F)cc2NC(=O)C2=CNCC=C2C(F)(F)F)CC1. The van der Waals surface area contributed by atoms with Gasteiger partial charge in [-0.15, -0.1) is 0 Å². The van der Waals surface area contributed by atoms with E-state index in [0.29, 0.717) is 36.9 Å². The van der Waals surface area contributed by atoms with Crippen LogP contribution in [0.5, 0.6) is 5.75 Å². The van der Waals surface area contributed by atoms with E-state index in [-0.39, 0.29) is 23.5 Å². The average molecular weight is 549 g/mol. The van der Waals surface area contributed by atoms with Crippen LogP contribution in [0.15, 0.2) is 53.8 Å². The highest BCUT2D eigenvalue weighted by molar-refractivity contribution is 6.09. The second kappa shape index (κ2) is 10.9. The number of amides is 1. The van der Waals surface area contributed by atoms with Crippen LogP contribution in [0.2, 0.25) is 0 Å². The molecule has 3 aliphatic rings. The molecule has 0 spiro atoms. The molecule has 1 saturated carbocycles. The second-order valence-electron chi connectivity index (χ2n) is 10.1. The first-order valence-electron chi connectivity index (χ1n) is 12.8. The Kier molecular flexibility index (Phi) is 7.53. The van der Waals surface area contributed by atoms with E-state index in [4.69, 9.17) is 4.74 Å². The fourth-order valence-corrected chi connectivity index (χ4v) is 4.64. The summed E-state index contributed by atoms with van der Waals surface area (Å²) in [6.07, 6.45) is -0.737. The van der Waals surface area contributed by atoms with Crippen LogP contribution >= 0.6 is 0 Å². The highest BCUT2D eigenvalue weighted by Gasteiger charge is 2.39. The maximum absolute atomic E-state index is 14.9. The largest absolute Gasteiger partial charge is 0.490 e. The number of nitrogens with zero attached hydrogens (tertiary/aromatic N) is 2. The third-order valence-corrected chi connectivity index (χ3v) is 7.10. The number of benzene rings is 2. The number of carbonyl (C=O) groups is 1. The Hall–Kier alpha value is -3.60. The molecule has 2 aliphatic heterocycles. The molecule has 11 heteroatoms. The minimum absolute atomic E-state index is 0.0528. The number of hydrogen-bond acceptors (Lipinski definition) is 5. The predicted molar refractivity (Wildman–Crippen MR) is 139 cm³/mol. The average Bonchev–Trinajstić information content (AvgIpc) is 3.73. The topological polar surface area (TPSA) is 56.8 Å². The third-order valence-electron chi connectivity index (χ3n) is 7.10. The van der Waals surface area contributed by atoms with Gasteiger partial charge in [0.2, 0.25) is 0 Å². The molecule has 2 fully saturated rings. The number of dihydropyridines is 1. The molecular weight excluding hydrogens is 519 g/mol. The van der Waals surface area contributed by atoms with Crippen molar-refractivity contribution in [1.82, 2.24) is 10.2 Å². The van der Waals surface area contributed by atoms with Gasteiger partial charge in [0.05, 0.1) is 29.1 Å². The Morgan fingerprint density at radius 3 is 2.51 bits per heavy atom. The van der Waals surface area contributed by atoms with E-state index >= 15 is 0 Å². The van der Waals surface area contributed by atoms with Gasteiger partial charge in [0.1, 0.15) is 5.82 Å². The van der Waals surface area contributed by atoms with Gasteiger partial charge in [-0.1, -0.05) is 12.1 Å². The lowest BCUT2D eigenvalue weighted by molar-refractivity contribution is -0.115. The van der Waals surface area contributed by atoms with Crippen molar-refractivity contribution < 1.29 is 31.5 Å². The maximum atomic E-state index is 14.9. The number of carbonyl (C=O) groups excluding carboxylic acids is 1. The van der Waals surface area contributed by atoms with Gasteiger partial charge in [0.15, 0.2) is 11.6 Å². The van der Waals surface area contributed by atoms with Gasteiger partial charge in [0.25, 0.3) is 5.91 Å². The number of likely N-dealkylation sites (N-methyl/N-ethyl adjacent to an activating group) is 1. The van der Waals surface area contributed by atoms with Crippen molar-refractivity contribution in [3.63, 3.8) is 0 Å². The highest BCUT2D eigenvalue weighted by atomic mass is 19.4. The smallest absolute Gasteiger partial charge is 0.416 e. The molecule has 0 atom stereocenters. The van der Waals surface area contributed by atoms with E-state index in [0.717, 1.165) is 44.3 Å². The summed E-state index contributed by atoms with van der Waals surface area (Å²) in [5.41, 5.74) is -0.393. The molecular formula is C28H29F5N4O2. The lowest BCUT2D eigenvalue weighted by atomic mass is 10.0. The van der Waals surface area contributed by atoms with Crippen molar-refractivity contribution in [3.8, 4) is 16.9 Å². The number of halogens is 5. The minimum atomic E-state index is -4.71. The third kappa shape index (κ3) is 6.19. The van der Waals surface area contributed by atoms with Crippen LogP contribution in [0.4, 0.5) is 33.3 Å². The Balaban J connectivity index is 1.50. The maximum Gasteiger partial charge on any atom is 0.416 e. The standard InChI is InChI=1S/C28H29F5N4O2/c1-36-8-10-37(11-9-36)25-5-4-18(19-13-26(23(30)14-22(19)29)39-16-17-2-3-17)12-24(25)35-27(38)20-15-34-7-6-21(20)28(31,32)33/h4-6,12-15,17,34H,2-3,7-11,16H2,1H3,(H,35,38). The number of ether oxygens (including phenoxy) is 1. The molecule has 1 amide bonds. The van der Waals surface area contributed by atoms with Gasteiger partial charge < -0.3 is 25.2 Å². The Morgan fingerprint density at radius 1 is 1.08 bits per heavy atom. The second-order valence-corrected chi connectivity index (χ2v) is 10.1. The number of anilines is 2. The molecule has 0 radical (unpaired) electrons. The Morgan fingerprint density at radius 2 is 1.82 bits per heavy atom. The number of piperazine rings is 1. The van der Waals surface area contributed by atoms with Crippen LogP contribution in [0.25, 0.3) is 11.1 Å². The monoisotopic (exact) mass is 548 g/mol. The van der Waals surface area contributed by atoms with E-state index in [9.17, 15) is 26.7 Å². The van der Waals surface area contributed by atoms with Crippen molar-refractivity contribution in [2.45, 2.75) is 19.0 Å². The van der Waals surface area contributed by atoms with Crippen LogP contribution < -0.4 is 20.3 Å². The van der Waals surface area contributed by atoms with Gasteiger partial charge in [0, 0.05) is 50.6 Å². The fourth-order valence-electron chi connectivity index (χ4n) is 4.64. The zero-order valence-electron chi connectivity index (χ0n) is 21.4. The van der Waals surface area contributed by atoms with Crippen LogP contribution in [0.1, 0.15) is 12.8 Å². The number of nitrogens with one attached hydrogen (secondary N) is 2. The summed E-state index contributed by atoms with van der Waals surface area (Å²) in [6, 6.07) is 6.87. The highest BCUT2D eigenvalue weighted by Crippen LogP contribution is 2.38. The van der Waals surface area contributed by atoms with E-state index in [1.165, 1.54) is 12.1 Å². The van der Waals surface area contributed by atoms with Crippen LogP contribution in [-0.2, 0) is 4.79 Å². The first kappa shape index (κ1) is 27.0. The van der Waals surface area contributed by atoms with Gasteiger partial charge in [-0.05, 0) is 49.6 Å². The van der Waals surface area contributed by atoms with Gasteiger partial charge >= 0.3 is 6.18 Å². The molecule has 2 aromatic carbocycles. The van der Waals surface area contributed by atoms with E-state index in [1.54, 1.807) is 12.1 Å². The summed E-state index contributed by atoms with van der Waals surface area (Å²) in [5.74, 6) is -2.31. The molecule has 0 bridgehead atoms. The molecule has 6 nitrogen and oxygen atoms in total. The number of hydrogen-bond donors (Lipinski definition) is 2. The van der Waals surface area contributed by atoms with Gasteiger partial charge in [-0.25, -0.2) is 8.78 Å². The molecule has 1 saturated heterocycles. The number of rotatable bonds is 7. The lowest BCUT2D eigenvalue weighted by Crippen LogP contribution is -2.44. The summed E-state index contributed by atoms with van der Waals surface area (Å²) in [7, 11) is 1.98. The number of alkyl halides is 3. The molecule has 2 heterocycles. The first-order chi connectivity index (χ1) is 18.6. The predicted octanol–water partition coefficient (Wildman–Crippen LogP) is 5.09. The van der Waals surface area contributed by atoms with E-state index in [2.05, 4.69) is 15.5 Å². The van der Waals surface area contributed by atoms with Crippen molar-refractivity contribution in [2.24, 2.45) is 5.92 Å². The Labute approximate surface area is 223 Å². The molecule has 208 valence electrons. The van der Waals surface area contributed by atoms with E-state index in [1.807, 2.05) is 11.9 Å². The summed E-state index contributed by atoms with van der Waals surface area (Å²) in [6.45, 7) is 3.03. The lowest BCUT2D eigenvalue weighted by Gasteiger charge is -2.35. The summed E-state index contributed by atoms with van der Waals surface area (Å²) in [5, 5.41) is 5.28. The molecule has 39 heavy (non-hydrogen) atoms. The summed E-state index contributed by atoms with van der Waals surface area (Å²) >= 11 is 0. The molecule has 5 rings (SSSR count). The normalized spacial score (nSPS) is 18.3. The first-order valence-corrected chi connectivity index (χ1v) is 12.8. The van der Waals surface area contributed by atoms with Crippen LogP contribution in [-0.4, -0.2) is 63.4 Å². The zero-order chi connectivity index (χ0) is 27.7. The zero-order valence-corrected chi connectivity index (χ0v) is 21.4. The molecule has 1 aliphatic carbocycles. The van der Waals surface area contributed by atoms with Gasteiger partial charge in [-0.3, -0.25) is 4.79 Å². The van der Waals surface area contributed by atoms with Crippen molar-refractivity contribution in [1.29, 1.82) is 0 Å². The Bertz CT molecular complexity index is 1310. The molecule has 2 N–H and O–H groups in total. The van der Waals surface area contributed by atoms with E-state index < -0.39 is 34.9 Å². The minimum Gasteiger partial charge on any atom is -0.490 e. The van der Waals surface area contributed by atoms with Crippen molar-refractivity contribution in [3.05, 3.63) is 65.4 Å². The molecule has 0 aromatic heterocycles. The van der Waals surface area contributed by atoms with Crippen LogP contribution in [0.3, 0.4) is 0 Å². The molecule has 0 unspecified atom stereocenters. The van der Waals surface area contributed by atoms with Crippen molar-refractivity contribution in [2.75, 3.05) is 56.6 Å².